The van der Waals surface area contributed by atoms with Gasteiger partial charge in [-0.2, -0.15) is 0 Å². The van der Waals surface area contributed by atoms with Gasteiger partial charge >= 0.3 is 0 Å². The number of benzene rings is 1. The molecule has 1 N–H and O–H groups in total. The fraction of sp³-hybridized carbons (Fsp3) is 0.667. The Kier molecular flexibility index (Phi) is 7.30. The molecule has 1 heterocycles. The fourth-order valence-corrected chi connectivity index (χ4v) is 2.85. The highest BCUT2D eigenvalue weighted by molar-refractivity contribution is 5.26. The highest BCUT2D eigenvalue weighted by Crippen LogP contribution is 2.12. The standard InChI is InChI=1S/C18H30N2O3/c1-15(2)20-10-8-19(9-11-20)12-17(21)14-23-13-16-4-6-18(22-3)7-5-16/h4-7,15,17,21H,8-14H2,1-3H3. The lowest BCUT2D eigenvalue weighted by Crippen LogP contribution is -2.50. The van der Waals surface area contributed by atoms with E-state index in [9.17, 15) is 5.11 Å². The third-order valence-corrected chi connectivity index (χ3v) is 4.34. The van der Waals surface area contributed by atoms with Crippen LogP contribution in [0.15, 0.2) is 24.3 Å². The lowest BCUT2D eigenvalue weighted by Gasteiger charge is -2.37. The van der Waals surface area contributed by atoms with Gasteiger partial charge < -0.3 is 14.6 Å². The predicted molar refractivity (Wildman–Crippen MR) is 91.8 cm³/mol. The van der Waals surface area contributed by atoms with Gasteiger partial charge in [-0.15, -0.1) is 0 Å². The van der Waals surface area contributed by atoms with E-state index in [0.717, 1.165) is 37.5 Å². The molecule has 1 aliphatic heterocycles. The molecule has 5 nitrogen and oxygen atoms in total. The predicted octanol–water partition coefficient (Wildman–Crippen LogP) is 1.60. The second kappa shape index (κ2) is 9.23. The van der Waals surface area contributed by atoms with Crippen LogP contribution in [0, 0.1) is 0 Å². The van der Waals surface area contributed by atoms with Crippen LogP contribution in [0.1, 0.15) is 19.4 Å². The van der Waals surface area contributed by atoms with Crippen LogP contribution in [0.4, 0.5) is 0 Å². The average molecular weight is 322 g/mol. The van der Waals surface area contributed by atoms with E-state index in [1.165, 1.54) is 0 Å². The zero-order valence-corrected chi connectivity index (χ0v) is 14.6. The highest BCUT2D eigenvalue weighted by atomic mass is 16.5. The molecule has 0 aromatic heterocycles. The number of aliphatic hydroxyl groups is 1. The number of nitrogens with zero attached hydrogens (tertiary/aromatic N) is 2. The Bertz CT molecular complexity index is 442. The third-order valence-electron chi connectivity index (χ3n) is 4.34. The molecular weight excluding hydrogens is 292 g/mol. The van der Waals surface area contributed by atoms with Gasteiger partial charge in [-0.3, -0.25) is 9.80 Å². The van der Waals surface area contributed by atoms with Crippen LogP contribution in [0.25, 0.3) is 0 Å². The van der Waals surface area contributed by atoms with Gasteiger partial charge in [0.2, 0.25) is 0 Å². The van der Waals surface area contributed by atoms with Crippen LogP contribution in [0.5, 0.6) is 5.75 Å². The first-order valence-corrected chi connectivity index (χ1v) is 8.43. The third kappa shape index (κ3) is 6.11. The van der Waals surface area contributed by atoms with Gasteiger partial charge in [0.05, 0.1) is 26.4 Å². The Morgan fingerprint density at radius 3 is 2.30 bits per heavy atom. The van der Waals surface area contributed by atoms with Gasteiger partial charge in [0.1, 0.15) is 5.75 Å². The molecule has 0 bridgehead atoms. The minimum absolute atomic E-state index is 0.371. The van der Waals surface area contributed by atoms with Gasteiger partial charge in [-0.25, -0.2) is 0 Å². The summed E-state index contributed by atoms with van der Waals surface area (Å²) in [5.41, 5.74) is 1.09. The van der Waals surface area contributed by atoms with Crippen molar-refractivity contribution < 1.29 is 14.6 Å². The van der Waals surface area contributed by atoms with Crippen molar-refractivity contribution >= 4 is 0 Å². The van der Waals surface area contributed by atoms with Gasteiger partial charge in [0.15, 0.2) is 0 Å². The number of hydrogen-bond donors (Lipinski definition) is 1. The number of methoxy groups -OCH3 is 1. The molecule has 23 heavy (non-hydrogen) atoms. The SMILES string of the molecule is COc1ccc(COCC(O)CN2CCN(C(C)C)CC2)cc1. The summed E-state index contributed by atoms with van der Waals surface area (Å²) in [6.07, 6.45) is -0.432. The fourth-order valence-electron chi connectivity index (χ4n) is 2.85. The van der Waals surface area contributed by atoms with E-state index < -0.39 is 6.10 Å². The van der Waals surface area contributed by atoms with Gasteiger partial charge in [0.25, 0.3) is 0 Å². The Hall–Kier alpha value is -1.14. The molecule has 1 fully saturated rings. The quantitative estimate of drug-likeness (QED) is 0.788. The Morgan fingerprint density at radius 1 is 1.09 bits per heavy atom. The summed E-state index contributed by atoms with van der Waals surface area (Å²) < 4.78 is 10.8. The summed E-state index contributed by atoms with van der Waals surface area (Å²) in [6.45, 7) is 10.2. The van der Waals surface area contributed by atoms with Crippen molar-refractivity contribution in [3.63, 3.8) is 0 Å². The first-order valence-electron chi connectivity index (χ1n) is 8.43. The molecule has 2 rings (SSSR count). The molecule has 0 saturated carbocycles. The lowest BCUT2D eigenvalue weighted by molar-refractivity contribution is -0.000707. The van der Waals surface area contributed by atoms with Crippen LogP contribution < -0.4 is 4.74 Å². The molecular formula is C18H30N2O3. The minimum Gasteiger partial charge on any atom is -0.497 e. The molecule has 1 atom stereocenters. The Morgan fingerprint density at radius 2 is 1.74 bits per heavy atom. The van der Waals surface area contributed by atoms with Crippen LogP contribution >= 0.6 is 0 Å². The van der Waals surface area contributed by atoms with Crippen LogP contribution in [0.2, 0.25) is 0 Å². The Balaban J connectivity index is 1.62. The topological polar surface area (TPSA) is 45.2 Å². The number of β-amino-alcohol motifs (C(OH)–C–C–N with tert-alkyl or cyclic N) is 1. The molecule has 0 radical (unpaired) electrons. The van der Waals surface area contributed by atoms with E-state index in [0.29, 0.717) is 25.8 Å². The highest BCUT2D eigenvalue weighted by Gasteiger charge is 2.20. The van der Waals surface area contributed by atoms with Gasteiger partial charge in [-0.05, 0) is 31.5 Å². The van der Waals surface area contributed by atoms with Gasteiger partial charge in [-0.1, -0.05) is 12.1 Å². The maximum atomic E-state index is 10.1. The molecule has 5 heteroatoms. The zero-order chi connectivity index (χ0) is 16.7. The number of rotatable bonds is 8. The summed E-state index contributed by atoms with van der Waals surface area (Å²) >= 11 is 0. The van der Waals surface area contributed by atoms with Crippen molar-refractivity contribution in [1.82, 2.24) is 9.80 Å². The van der Waals surface area contributed by atoms with E-state index in [2.05, 4.69) is 23.6 Å². The molecule has 1 aliphatic rings. The van der Waals surface area contributed by atoms with E-state index >= 15 is 0 Å². The number of piperazine rings is 1. The van der Waals surface area contributed by atoms with Crippen molar-refractivity contribution in [2.24, 2.45) is 0 Å². The summed E-state index contributed by atoms with van der Waals surface area (Å²) in [5.74, 6) is 0.842. The molecule has 1 aromatic rings. The van der Waals surface area contributed by atoms with E-state index in [1.807, 2.05) is 24.3 Å². The van der Waals surface area contributed by atoms with Crippen LogP contribution in [-0.4, -0.2) is 73.5 Å². The summed E-state index contributed by atoms with van der Waals surface area (Å²) in [5, 5.41) is 10.1. The van der Waals surface area contributed by atoms with Crippen molar-refractivity contribution in [3.8, 4) is 5.75 Å². The monoisotopic (exact) mass is 322 g/mol. The van der Waals surface area contributed by atoms with E-state index in [-0.39, 0.29) is 0 Å². The maximum absolute atomic E-state index is 10.1. The van der Waals surface area contributed by atoms with Crippen LogP contribution in [0.3, 0.4) is 0 Å². The normalized spacial score (nSPS) is 18.3. The van der Waals surface area contributed by atoms with Crippen molar-refractivity contribution in [2.45, 2.75) is 32.6 Å². The Labute approximate surface area is 139 Å². The molecule has 0 amide bonds. The number of hydrogen-bond acceptors (Lipinski definition) is 5. The number of ether oxygens (including phenoxy) is 2. The largest absolute Gasteiger partial charge is 0.497 e. The second-order valence-electron chi connectivity index (χ2n) is 6.45. The minimum atomic E-state index is -0.432. The molecule has 1 aromatic carbocycles. The second-order valence-corrected chi connectivity index (χ2v) is 6.45. The molecule has 1 unspecified atom stereocenters. The van der Waals surface area contributed by atoms with E-state index in [1.54, 1.807) is 7.11 Å². The smallest absolute Gasteiger partial charge is 0.118 e. The number of aliphatic hydroxyl groups excluding tert-OH is 1. The van der Waals surface area contributed by atoms with Crippen molar-refractivity contribution in [1.29, 1.82) is 0 Å². The molecule has 1 saturated heterocycles. The molecule has 0 aliphatic carbocycles. The first kappa shape index (κ1) is 18.2. The average Bonchev–Trinajstić information content (AvgIpc) is 2.56. The van der Waals surface area contributed by atoms with Crippen molar-refractivity contribution in [3.05, 3.63) is 29.8 Å². The molecule has 130 valence electrons. The maximum Gasteiger partial charge on any atom is 0.118 e. The van der Waals surface area contributed by atoms with Crippen molar-refractivity contribution in [2.75, 3.05) is 46.4 Å². The van der Waals surface area contributed by atoms with Gasteiger partial charge in [0, 0.05) is 38.8 Å². The van der Waals surface area contributed by atoms with E-state index in [4.69, 9.17) is 9.47 Å². The first-order chi connectivity index (χ1) is 11.1. The lowest BCUT2D eigenvalue weighted by atomic mass is 10.2. The summed E-state index contributed by atoms with van der Waals surface area (Å²) in [6, 6.07) is 8.41. The van der Waals surface area contributed by atoms with Crippen LogP contribution in [-0.2, 0) is 11.3 Å². The summed E-state index contributed by atoms with van der Waals surface area (Å²) in [4.78, 5) is 4.79. The molecule has 0 spiro atoms. The zero-order valence-electron chi connectivity index (χ0n) is 14.6. The summed E-state index contributed by atoms with van der Waals surface area (Å²) in [7, 11) is 1.66.